The van der Waals surface area contributed by atoms with E-state index in [1.807, 2.05) is 18.5 Å². The molecule has 0 saturated heterocycles. The van der Waals surface area contributed by atoms with Crippen LogP contribution >= 0.6 is 0 Å². The number of ether oxygens (including phenoxy) is 1. The molecule has 1 fully saturated rings. The molecule has 0 atom stereocenters. The lowest BCUT2D eigenvalue weighted by atomic mass is 9.81. The van der Waals surface area contributed by atoms with Crippen molar-refractivity contribution in [3.8, 4) is 28.1 Å². The second-order valence-corrected chi connectivity index (χ2v) is 9.30. The Morgan fingerprint density at radius 3 is 2.74 bits per heavy atom. The number of hydrogen-bond donors (Lipinski definition) is 0. The van der Waals surface area contributed by atoms with Crippen LogP contribution in [0, 0.1) is 0 Å². The van der Waals surface area contributed by atoms with Gasteiger partial charge in [0.2, 0.25) is 0 Å². The fourth-order valence-corrected chi connectivity index (χ4v) is 5.83. The van der Waals surface area contributed by atoms with Gasteiger partial charge in [-0.15, -0.1) is 0 Å². The van der Waals surface area contributed by atoms with E-state index in [1.165, 1.54) is 59.8 Å². The van der Waals surface area contributed by atoms with Crippen LogP contribution in [0.2, 0.25) is 0 Å². The van der Waals surface area contributed by atoms with Crippen LogP contribution in [0.5, 0.6) is 5.75 Å². The molecule has 2 aromatic carbocycles. The molecule has 1 aliphatic carbocycles. The van der Waals surface area contributed by atoms with E-state index in [9.17, 15) is 0 Å². The quantitative estimate of drug-likeness (QED) is 0.243. The van der Waals surface area contributed by atoms with Gasteiger partial charge in [-0.05, 0) is 48.1 Å². The highest BCUT2D eigenvalue weighted by Gasteiger charge is 2.30. The van der Waals surface area contributed by atoms with E-state index in [0.717, 1.165) is 29.0 Å². The highest BCUT2D eigenvalue weighted by Crippen LogP contribution is 2.49. The molecule has 5 nitrogen and oxygen atoms in total. The Hall–Kier alpha value is -3.15. The first-order valence-electron chi connectivity index (χ1n) is 12.3. The molecule has 2 aliphatic rings. The molecule has 6 rings (SSSR count). The number of benzene rings is 2. The number of para-hydroxylation sites is 1. The third-order valence-electron chi connectivity index (χ3n) is 7.33. The normalized spacial score (nSPS) is 16.0. The van der Waals surface area contributed by atoms with Crippen molar-refractivity contribution in [2.75, 3.05) is 13.7 Å². The zero-order chi connectivity index (χ0) is 22.9. The number of fused-ring (bicyclic) bond motifs is 5. The van der Waals surface area contributed by atoms with Crippen molar-refractivity contribution in [1.82, 2.24) is 9.55 Å². The monoisotopic (exact) mass is 454 g/mol. The molecule has 4 aromatic rings. The summed E-state index contributed by atoms with van der Waals surface area (Å²) in [5, 5.41) is 1.36. The smallest absolute Gasteiger partial charge is 0.136 e. The molecule has 2 aromatic heterocycles. The van der Waals surface area contributed by atoms with Gasteiger partial charge in [-0.2, -0.15) is 0 Å². The Bertz CT molecular complexity index is 1310. The summed E-state index contributed by atoms with van der Waals surface area (Å²) < 4.78 is 8.95. The first-order chi connectivity index (χ1) is 16.8. The summed E-state index contributed by atoms with van der Waals surface area (Å²) in [7, 11) is 1.55. The van der Waals surface area contributed by atoms with Crippen LogP contribution in [-0.4, -0.2) is 23.3 Å². The van der Waals surface area contributed by atoms with E-state index in [-0.39, 0.29) is 0 Å². The third kappa shape index (κ3) is 3.69. The van der Waals surface area contributed by atoms with E-state index in [0.29, 0.717) is 19.1 Å². The minimum absolute atomic E-state index is 0.434. The first kappa shape index (κ1) is 21.4. The standard InChI is InChI=1S/C29H30N2O3/c1-32-34-19-20-12-13-24-26(17-20)31-15-16-33-29-23(22-9-6-14-30-18-22)10-5-11-25(29)28(31)27(24)21-7-3-2-4-8-21/h5-6,9-14,17-18,21H,2-4,7-8,15-16,19H2,1H3. The SMILES string of the molecule is COOCc1ccc2c(C3CCCCC3)c3n(c2c1)CCOc1c(-c2cccnc2)cccc1-3. The maximum absolute atomic E-state index is 6.47. The van der Waals surface area contributed by atoms with Gasteiger partial charge in [0, 0.05) is 40.0 Å². The van der Waals surface area contributed by atoms with E-state index in [1.54, 1.807) is 7.11 Å². The summed E-state index contributed by atoms with van der Waals surface area (Å²) in [5.74, 6) is 1.54. The first-order valence-corrected chi connectivity index (χ1v) is 12.3. The molecule has 3 heterocycles. The van der Waals surface area contributed by atoms with Crippen LogP contribution in [0.4, 0.5) is 0 Å². The van der Waals surface area contributed by atoms with Gasteiger partial charge in [0.1, 0.15) is 19.0 Å². The molecule has 0 amide bonds. The average Bonchev–Trinajstić information content (AvgIpc) is 3.09. The van der Waals surface area contributed by atoms with E-state index >= 15 is 0 Å². The minimum atomic E-state index is 0.434. The van der Waals surface area contributed by atoms with Crippen LogP contribution in [0.15, 0.2) is 60.9 Å². The summed E-state index contributed by atoms with van der Waals surface area (Å²) in [6.07, 6.45) is 10.2. The molecule has 1 aliphatic heterocycles. The number of rotatable bonds is 5. The van der Waals surface area contributed by atoms with Crippen molar-refractivity contribution in [2.45, 2.75) is 51.2 Å². The Balaban J connectivity index is 1.60. The van der Waals surface area contributed by atoms with Gasteiger partial charge in [0.25, 0.3) is 0 Å². The van der Waals surface area contributed by atoms with Crippen molar-refractivity contribution in [1.29, 1.82) is 0 Å². The van der Waals surface area contributed by atoms with Gasteiger partial charge in [0.15, 0.2) is 0 Å². The van der Waals surface area contributed by atoms with Crippen LogP contribution in [-0.2, 0) is 22.9 Å². The molecular formula is C29H30N2O3. The zero-order valence-corrected chi connectivity index (χ0v) is 19.6. The van der Waals surface area contributed by atoms with Crippen molar-refractivity contribution >= 4 is 10.9 Å². The van der Waals surface area contributed by atoms with E-state index < -0.39 is 0 Å². The number of aromatic nitrogens is 2. The van der Waals surface area contributed by atoms with Crippen molar-refractivity contribution in [3.63, 3.8) is 0 Å². The van der Waals surface area contributed by atoms with Crippen molar-refractivity contribution in [2.24, 2.45) is 0 Å². The number of nitrogens with zero attached hydrogens (tertiary/aromatic N) is 2. The summed E-state index contributed by atoms with van der Waals surface area (Å²) in [4.78, 5) is 14.5. The Labute approximate surface area is 200 Å². The second-order valence-electron chi connectivity index (χ2n) is 9.30. The Kier molecular flexibility index (Phi) is 5.81. The lowest BCUT2D eigenvalue weighted by Gasteiger charge is -2.24. The predicted octanol–water partition coefficient (Wildman–Crippen LogP) is 6.89. The molecule has 174 valence electrons. The van der Waals surface area contributed by atoms with Crippen LogP contribution < -0.4 is 4.74 Å². The molecule has 0 spiro atoms. The predicted molar refractivity (Wildman–Crippen MR) is 134 cm³/mol. The lowest BCUT2D eigenvalue weighted by molar-refractivity contribution is -0.282. The summed E-state index contributed by atoms with van der Waals surface area (Å²) in [5.41, 5.74) is 8.56. The highest BCUT2D eigenvalue weighted by molar-refractivity contribution is 5.95. The van der Waals surface area contributed by atoms with Crippen LogP contribution in [0.25, 0.3) is 33.3 Å². The highest BCUT2D eigenvalue weighted by atomic mass is 17.2. The molecule has 0 unspecified atom stereocenters. The summed E-state index contributed by atoms with van der Waals surface area (Å²) >= 11 is 0. The van der Waals surface area contributed by atoms with Crippen molar-refractivity contribution < 1.29 is 14.5 Å². The Morgan fingerprint density at radius 1 is 1.03 bits per heavy atom. The fraction of sp³-hybridized carbons (Fsp3) is 0.345. The molecule has 0 bridgehead atoms. The van der Waals surface area contributed by atoms with Gasteiger partial charge in [-0.1, -0.05) is 49.6 Å². The van der Waals surface area contributed by atoms with Gasteiger partial charge < -0.3 is 9.30 Å². The summed E-state index contributed by atoms with van der Waals surface area (Å²) in [6.45, 7) is 1.88. The van der Waals surface area contributed by atoms with Crippen LogP contribution in [0.3, 0.4) is 0 Å². The maximum atomic E-state index is 6.47. The average molecular weight is 455 g/mol. The minimum Gasteiger partial charge on any atom is -0.490 e. The van der Waals surface area contributed by atoms with E-state index in [2.05, 4.69) is 52.0 Å². The molecular weight excluding hydrogens is 424 g/mol. The van der Waals surface area contributed by atoms with Gasteiger partial charge in [-0.25, -0.2) is 9.78 Å². The fourth-order valence-electron chi connectivity index (χ4n) is 5.83. The van der Waals surface area contributed by atoms with E-state index in [4.69, 9.17) is 14.5 Å². The number of pyridine rings is 1. The van der Waals surface area contributed by atoms with Crippen LogP contribution in [0.1, 0.15) is 49.1 Å². The molecule has 34 heavy (non-hydrogen) atoms. The van der Waals surface area contributed by atoms with Gasteiger partial charge in [0.05, 0.1) is 19.3 Å². The Morgan fingerprint density at radius 2 is 1.91 bits per heavy atom. The largest absolute Gasteiger partial charge is 0.490 e. The molecule has 0 N–H and O–H groups in total. The second kappa shape index (κ2) is 9.24. The summed E-state index contributed by atoms with van der Waals surface area (Å²) in [6, 6.07) is 17.4. The van der Waals surface area contributed by atoms with Gasteiger partial charge >= 0.3 is 0 Å². The zero-order valence-electron chi connectivity index (χ0n) is 19.6. The molecule has 1 saturated carbocycles. The molecule has 5 heteroatoms. The third-order valence-corrected chi connectivity index (χ3v) is 7.33. The van der Waals surface area contributed by atoms with Gasteiger partial charge in [-0.3, -0.25) is 4.98 Å². The van der Waals surface area contributed by atoms with Crippen molar-refractivity contribution in [3.05, 3.63) is 72.1 Å². The molecule has 0 radical (unpaired) electrons. The maximum Gasteiger partial charge on any atom is 0.136 e. The topological polar surface area (TPSA) is 45.5 Å². The lowest BCUT2D eigenvalue weighted by Crippen LogP contribution is -2.07. The number of hydrogen-bond acceptors (Lipinski definition) is 4.